The van der Waals surface area contributed by atoms with Gasteiger partial charge in [-0.2, -0.15) is 0 Å². The molecule has 0 spiro atoms. The number of hydrogen-bond donors (Lipinski definition) is 0. The molecule has 0 saturated heterocycles. The van der Waals surface area contributed by atoms with Crippen molar-refractivity contribution in [3.63, 3.8) is 0 Å². The molecule has 2 aromatic heterocycles. The van der Waals surface area contributed by atoms with E-state index in [1.54, 1.807) is 0 Å². The topological polar surface area (TPSA) is 76.3 Å². The maximum Gasteiger partial charge on any atom is 0.297 e. The van der Waals surface area contributed by atoms with Crippen molar-refractivity contribution in [1.29, 1.82) is 0 Å². The van der Waals surface area contributed by atoms with Crippen molar-refractivity contribution >= 4 is 33.3 Å². The summed E-state index contributed by atoms with van der Waals surface area (Å²) >= 11 is 1.25. The van der Waals surface area contributed by atoms with Gasteiger partial charge in [0.2, 0.25) is 10.9 Å². The molecule has 5 rings (SSSR count). The molecule has 31 heavy (non-hydrogen) atoms. The third kappa shape index (κ3) is 3.12. The van der Waals surface area contributed by atoms with E-state index in [0.29, 0.717) is 17.1 Å². The summed E-state index contributed by atoms with van der Waals surface area (Å²) in [5.74, 6) is -1.72. The molecule has 1 aliphatic heterocycles. The van der Waals surface area contributed by atoms with E-state index in [0.717, 1.165) is 23.6 Å². The smallest absolute Gasteiger partial charge is 0.297 e. The first kappa shape index (κ1) is 19.5. The van der Waals surface area contributed by atoms with Crippen molar-refractivity contribution in [2.45, 2.75) is 25.8 Å². The highest BCUT2D eigenvalue weighted by molar-refractivity contribution is 7.15. The molecule has 1 aliphatic rings. The van der Waals surface area contributed by atoms with Gasteiger partial charge in [-0.15, -0.1) is 10.2 Å². The van der Waals surface area contributed by atoms with E-state index in [2.05, 4.69) is 10.2 Å². The van der Waals surface area contributed by atoms with Crippen LogP contribution in [0, 0.1) is 11.6 Å². The summed E-state index contributed by atoms with van der Waals surface area (Å²) in [7, 11) is 0. The number of amides is 1. The Bertz CT molecular complexity index is 1380. The number of carbonyl (C=O) groups is 1. The van der Waals surface area contributed by atoms with Crippen molar-refractivity contribution in [2.24, 2.45) is 0 Å². The number of hydrogen-bond acceptors (Lipinski definition) is 6. The number of aryl methyl sites for hydroxylation is 1. The van der Waals surface area contributed by atoms with Crippen LogP contribution in [0.25, 0.3) is 11.0 Å². The molecular formula is C22H15F2N3O3S. The molecule has 0 fully saturated rings. The van der Waals surface area contributed by atoms with E-state index in [9.17, 15) is 18.4 Å². The molecule has 0 radical (unpaired) electrons. The van der Waals surface area contributed by atoms with Gasteiger partial charge in [0.15, 0.2) is 5.43 Å². The molecule has 1 amide bonds. The van der Waals surface area contributed by atoms with Gasteiger partial charge >= 0.3 is 0 Å². The second kappa shape index (κ2) is 7.35. The SMILES string of the molecule is CCCc1nnc(N2C(=O)c3oc4ccc(F)cc4c(=O)c3[C@H]2c2ccc(F)cc2)s1. The summed E-state index contributed by atoms with van der Waals surface area (Å²) in [6.45, 7) is 2.01. The molecule has 0 bridgehead atoms. The van der Waals surface area contributed by atoms with Crippen molar-refractivity contribution in [3.05, 3.63) is 86.2 Å². The van der Waals surface area contributed by atoms with Gasteiger partial charge in [-0.25, -0.2) is 8.78 Å². The van der Waals surface area contributed by atoms with Crippen LogP contribution in [0.2, 0.25) is 0 Å². The highest BCUT2D eigenvalue weighted by Gasteiger charge is 2.45. The minimum absolute atomic E-state index is 0.0319. The third-order valence-electron chi connectivity index (χ3n) is 5.14. The van der Waals surface area contributed by atoms with E-state index in [1.807, 2.05) is 6.92 Å². The Morgan fingerprint density at radius 1 is 1.06 bits per heavy atom. The highest BCUT2D eigenvalue weighted by atomic mass is 32.1. The van der Waals surface area contributed by atoms with Crippen LogP contribution < -0.4 is 10.3 Å². The van der Waals surface area contributed by atoms with Crippen LogP contribution in [0.3, 0.4) is 0 Å². The Morgan fingerprint density at radius 3 is 2.55 bits per heavy atom. The van der Waals surface area contributed by atoms with Gasteiger partial charge < -0.3 is 4.42 Å². The summed E-state index contributed by atoms with van der Waals surface area (Å²) in [6.07, 6.45) is 1.56. The van der Waals surface area contributed by atoms with Crippen molar-refractivity contribution < 1.29 is 18.0 Å². The molecule has 0 saturated carbocycles. The molecule has 6 nitrogen and oxygen atoms in total. The number of benzene rings is 2. The first-order chi connectivity index (χ1) is 15.0. The van der Waals surface area contributed by atoms with Crippen LogP contribution in [0.4, 0.5) is 13.9 Å². The number of fused-ring (bicyclic) bond motifs is 2. The first-order valence-corrected chi connectivity index (χ1v) is 10.5. The van der Waals surface area contributed by atoms with E-state index < -0.39 is 29.0 Å². The first-order valence-electron chi connectivity index (χ1n) is 9.65. The molecule has 2 aromatic carbocycles. The number of anilines is 1. The fourth-order valence-electron chi connectivity index (χ4n) is 3.76. The predicted molar refractivity (Wildman–Crippen MR) is 111 cm³/mol. The van der Waals surface area contributed by atoms with Gasteiger partial charge in [-0.1, -0.05) is 30.4 Å². The Balaban J connectivity index is 1.77. The fraction of sp³-hybridized carbons (Fsp3) is 0.182. The zero-order chi connectivity index (χ0) is 21.7. The second-order valence-corrected chi connectivity index (χ2v) is 8.21. The second-order valence-electron chi connectivity index (χ2n) is 7.17. The Kier molecular flexibility index (Phi) is 4.62. The Hall–Kier alpha value is -3.46. The van der Waals surface area contributed by atoms with Gasteiger partial charge in [0, 0.05) is 6.42 Å². The largest absolute Gasteiger partial charge is 0.450 e. The van der Waals surface area contributed by atoms with E-state index >= 15 is 0 Å². The molecule has 0 N–H and O–H groups in total. The van der Waals surface area contributed by atoms with Crippen LogP contribution in [-0.2, 0) is 6.42 Å². The fourth-order valence-corrected chi connectivity index (χ4v) is 4.73. The molecule has 4 aromatic rings. The van der Waals surface area contributed by atoms with E-state index in [-0.39, 0.29) is 22.3 Å². The van der Waals surface area contributed by atoms with Crippen LogP contribution >= 0.6 is 11.3 Å². The molecule has 3 heterocycles. The average molecular weight is 439 g/mol. The molecule has 0 aliphatic carbocycles. The number of halogens is 2. The lowest BCUT2D eigenvalue weighted by molar-refractivity contribution is 0.0970. The Labute approximate surface area is 178 Å². The quantitative estimate of drug-likeness (QED) is 0.464. The van der Waals surface area contributed by atoms with Gasteiger partial charge in [0.1, 0.15) is 22.2 Å². The van der Waals surface area contributed by atoms with Gasteiger partial charge in [0.25, 0.3) is 5.91 Å². The predicted octanol–water partition coefficient (Wildman–Crippen LogP) is 4.63. The van der Waals surface area contributed by atoms with Gasteiger partial charge in [-0.3, -0.25) is 14.5 Å². The average Bonchev–Trinajstić information content (AvgIpc) is 3.32. The summed E-state index contributed by atoms with van der Waals surface area (Å²) < 4.78 is 33.1. The van der Waals surface area contributed by atoms with Crippen LogP contribution in [0.1, 0.15) is 46.1 Å². The maximum absolute atomic E-state index is 13.8. The van der Waals surface area contributed by atoms with Crippen LogP contribution in [0.5, 0.6) is 0 Å². The zero-order valence-corrected chi connectivity index (χ0v) is 17.1. The summed E-state index contributed by atoms with van der Waals surface area (Å²) in [5.41, 5.74) is 0.173. The van der Waals surface area contributed by atoms with E-state index in [4.69, 9.17) is 4.42 Å². The minimum atomic E-state index is -0.894. The number of nitrogens with zero attached hydrogens (tertiary/aromatic N) is 3. The zero-order valence-electron chi connectivity index (χ0n) is 16.3. The lowest BCUT2D eigenvalue weighted by Gasteiger charge is -2.22. The monoisotopic (exact) mass is 439 g/mol. The lowest BCUT2D eigenvalue weighted by atomic mass is 9.98. The van der Waals surface area contributed by atoms with E-state index in [1.165, 1.54) is 46.6 Å². The molecule has 1 atom stereocenters. The summed E-state index contributed by atoms with van der Waals surface area (Å²) in [6, 6.07) is 8.17. The van der Waals surface area contributed by atoms with Crippen molar-refractivity contribution in [1.82, 2.24) is 10.2 Å². The van der Waals surface area contributed by atoms with Gasteiger partial charge in [-0.05, 0) is 42.3 Å². The molecule has 156 valence electrons. The maximum atomic E-state index is 13.8. The van der Waals surface area contributed by atoms with Crippen LogP contribution in [-0.4, -0.2) is 16.1 Å². The normalized spacial score (nSPS) is 15.6. The van der Waals surface area contributed by atoms with Crippen molar-refractivity contribution in [2.75, 3.05) is 4.90 Å². The lowest BCUT2D eigenvalue weighted by Crippen LogP contribution is -2.29. The standard InChI is InChI=1S/C22H15F2N3O3S/c1-2-3-16-25-26-22(31-16)27-18(11-4-6-12(23)7-5-11)17-19(28)14-10-13(24)8-9-15(14)30-20(17)21(27)29/h4-10,18H,2-3H2,1H3/t18-/m1/s1. The number of rotatable bonds is 4. The summed E-state index contributed by atoms with van der Waals surface area (Å²) in [5, 5.41) is 9.38. The van der Waals surface area contributed by atoms with Crippen LogP contribution in [0.15, 0.2) is 51.7 Å². The number of carbonyl (C=O) groups excluding carboxylic acids is 1. The Morgan fingerprint density at radius 2 is 1.81 bits per heavy atom. The van der Waals surface area contributed by atoms with Crippen molar-refractivity contribution in [3.8, 4) is 0 Å². The summed E-state index contributed by atoms with van der Waals surface area (Å²) in [4.78, 5) is 28.0. The molecule has 0 unspecified atom stereocenters. The highest BCUT2D eigenvalue weighted by Crippen LogP contribution is 2.42. The van der Waals surface area contributed by atoms with Gasteiger partial charge in [0.05, 0.1) is 17.0 Å². The third-order valence-corrected chi connectivity index (χ3v) is 6.13. The number of aromatic nitrogens is 2. The molecular weight excluding hydrogens is 424 g/mol. The minimum Gasteiger partial charge on any atom is -0.450 e. The molecule has 9 heteroatoms.